The first-order chi connectivity index (χ1) is 7.12. The summed E-state index contributed by atoms with van der Waals surface area (Å²) >= 11 is 0. The van der Waals surface area contributed by atoms with Crippen LogP contribution >= 0.6 is 0 Å². The van der Waals surface area contributed by atoms with Crippen molar-refractivity contribution >= 4 is 9.84 Å². The highest BCUT2D eigenvalue weighted by Crippen LogP contribution is 2.30. The highest BCUT2D eigenvalue weighted by atomic mass is 32.2. The third-order valence-electron chi connectivity index (χ3n) is 2.73. The minimum Gasteiger partial charge on any atom is -0.361 e. The number of hydrogen-bond donors (Lipinski definition) is 1. The molecule has 0 aromatic carbocycles. The summed E-state index contributed by atoms with van der Waals surface area (Å²) in [5.41, 5.74) is 6.34. The molecule has 0 amide bonds. The van der Waals surface area contributed by atoms with Crippen molar-refractivity contribution in [3.05, 3.63) is 17.5 Å². The smallest absolute Gasteiger partial charge is 0.151 e. The molecule has 0 radical (unpaired) electrons. The van der Waals surface area contributed by atoms with Gasteiger partial charge in [0, 0.05) is 18.0 Å². The van der Waals surface area contributed by atoms with Gasteiger partial charge in [-0.3, -0.25) is 0 Å². The van der Waals surface area contributed by atoms with Gasteiger partial charge in [-0.25, -0.2) is 8.42 Å². The summed E-state index contributed by atoms with van der Waals surface area (Å²) in [5, 5.41) is 3.67. The normalized spacial score (nSPS) is 25.3. The lowest BCUT2D eigenvalue weighted by Crippen LogP contribution is -2.24. The first kappa shape index (κ1) is 10.6. The lowest BCUT2D eigenvalue weighted by atomic mass is 9.99. The molecule has 0 saturated carbocycles. The Kier molecular flexibility index (Phi) is 2.79. The van der Waals surface area contributed by atoms with Gasteiger partial charge in [0.05, 0.1) is 17.7 Å². The van der Waals surface area contributed by atoms with Crippen LogP contribution < -0.4 is 5.73 Å². The Labute approximate surface area is 88.5 Å². The van der Waals surface area contributed by atoms with Crippen LogP contribution in [0.4, 0.5) is 0 Å². The van der Waals surface area contributed by atoms with Gasteiger partial charge >= 0.3 is 0 Å². The molecule has 0 aliphatic carbocycles. The molecule has 2 heterocycles. The third kappa shape index (κ3) is 2.21. The van der Waals surface area contributed by atoms with E-state index in [9.17, 15) is 8.42 Å². The van der Waals surface area contributed by atoms with Crippen molar-refractivity contribution in [2.45, 2.75) is 25.3 Å². The molecular weight excluding hydrogens is 216 g/mol. The summed E-state index contributed by atoms with van der Waals surface area (Å²) in [5.74, 6) is 1.04. The second-order valence-corrected chi connectivity index (χ2v) is 6.10. The Hall–Kier alpha value is -0.880. The van der Waals surface area contributed by atoms with E-state index in [0.29, 0.717) is 18.7 Å². The molecule has 1 aliphatic rings. The number of hydrogen-bond acceptors (Lipinski definition) is 5. The van der Waals surface area contributed by atoms with Gasteiger partial charge in [0.2, 0.25) is 0 Å². The lowest BCUT2D eigenvalue weighted by molar-refractivity contribution is 0.355. The monoisotopic (exact) mass is 230 g/mol. The molecule has 2 N–H and O–H groups in total. The maximum Gasteiger partial charge on any atom is 0.151 e. The van der Waals surface area contributed by atoms with Crippen LogP contribution in [0.15, 0.2) is 10.7 Å². The molecule has 1 fully saturated rings. The molecule has 0 spiro atoms. The van der Waals surface area contributed by atoms with Crippen LogP contribution in [0.2, 0.25) is 0 Å². The summed E-state index contributed by atoms with van der Waals surface area (Å²) in [4.78, 5) is 0. The van der Waals surface area contributed by atoms with Gasteiger partial charge in [-0.1, -0.05) is 5.16 Å². The summed E-state index contributed by atoms with van der Waals surface area (Å²) < 4.78 is 28.0. The molecule has 15 heavy (non-hydrogen) atoms. The average molecular weight is 230 g/mol. The van der Waals surface area contributed by atoms with E-state index in [2.05, 4.69) is 5.16 Å². The van der Waals surface area contributed by atoms with Crippen LogP contribution in [0.1, 0.15) is 30.1 Å². The highest BCUT2D eigenvalue weighted by Gasteiger charge is 2.29. The molecule has 5 nitrogen and oxygen atoms in total. The second kappa shape index (κ2) is 3.94. The number of nitrogens with two attached hydrogens (primary N) is 1. The van der Waals surface area contributed by atoms with Crippen molar-refractivity contribution < 1.29 is 12.9 Å². The van der Waals surface area contributed by atoms with Gasteiger partial charge < -0.3 is 10.3 Å². The van der Waals surface area contributed by atoms with E-state index >= 15 is 0 Å². The van der Waals surface area contributed by atoms with E-state index < -0.39 is 9.84 Å². The van der Waals surface area contributed by atoms with Crippen LogP contribution in [0.25, 0.3) is 0 Å². The molecular formula is C9H14N2O3S. The maximum atomic E-state index is 11.5. The number of aromatic nitrogens is 1. The Bertz CT molecular complexity index is 438. The molecule has 6 heteroatoms. The molecule has 1 unspecified atom stereocenters. The van der Waals surface area contributed by atoms with E-state index in [-0.39, 0.29) is 17.4 Å². The Morgan fingerprint density at radius 3 is 3.07 bits per heavy atom. The largest absolute Gasteiger partial charge is 0.361 e. The minimum absolute atomic E-state index is 0.0650. The van der Waals surface area contributed by atoms with Gasteiger partial charge in [-0.15, -0.1) is 0 Å². The summed E-state index contributed by atoms with van der Waals surface area (Å²) in [6.07, 6.45) is 3.09. The molecule has 1 atom stereocenters. The van der Waals surface area contributed by atoms with Gasteiger partial charge in [0.15, 0.2) is 9.84 Å². The SMILES string of the molecule is NCc1cnoc1C1CCCS(=O)(=O)C1. The standard InChI is InChI=1S/C9H14N2O3S/c10-4-8-5-11-14-9(8)7-2-1-3-15(12,13)6-7/h5,7H,1-4,6,10H2. The highest BCUT2D eigenvalue weighted by molar-refractivity contribution is 7.91. The van der Waals surface area contributed by atoms with E-state index in [1.165, 1.54) is 0 Å². The quantitative estimate of drug-likeness (QED) is 0.796. The molecule has 1 aromatic rings. The van der Waals surface area contributed by atoms with E-state index in [1.54, 1.807) is 6.20 Å². The lowest BCUT2D eigenvalue weighted by Gasteiger charge is -2.20. The molecule has 84 valence electrons. The van der Waals surface area contributed by atoms with E-state index in [1.807, 2.05) is 0 Å². The zero-order valence-electron chi connectivity index (χ0n) is 8.35. The van der Waals surface area contributed by atoms with Crippen molar-refractivity contribution in [1.29, 1.82) is 0 Å². The summed E-state index contributed by atoms with van der Waals surface area (Å²) in [7, 11) is -2.91. The topological polar surface area (TPSA) is 86.2 Å². The fraction of sp³-hybridized carbons (Fsp3) is 0.667. The van der Waals surface area contributed by atoms with Gasteiger partial charge in [-0.05, 0) is 12.8 Å². The van der Waals surface area contributed by atoms with Crippen molar-refractivity contribution in [3.8, 4) is 0 Å². The van der Waals surface area contributed by atoms with Crippen molar-refractivity contribution in [3.63, 3.8) is 0 Å². The molecule has 0 bridgehead atoms. The number of nitrogens with zero attached hydrogens (tertiary/aromatic N) is 1. The molecule has 1 saturated heterocycles. The number of sulfone groups is 1. The van der Waals surface area contributed by atoms with Gasteiger partial charge in [-0.2, -0.15) is 0 Å². The third-order valence-corrected chi connectivity index (χ3v) is 4.55. The molecule has 1 aromatic heterocycles. The zero-order valence-corrected chi connectivity index (χ0v) is 9.16. The Morgan fingerprint density at radius 1 is 1.60 bits per heavy atom. The summed E-state index contributed by atoms with van der Waals surface area (Å²) in [6, 6.07) is 0. The van der Waals surface area contributed by atoms with Crippen molar-refractivity contribution in [2.24, 2.45) is 5.73 Å². The first-order valence-corrected chi connectivity index (χ1v) is 6.78. The van der Waals surface area contributed by atoms with E-state index in [0.717, 1.165) is 12.0 Å². The van der Waals surface area contributed by atoms with Crippen LogP contribution in [0.5, 0.6) is 0 Å². The zero-order chi connectivity index (χ0) is 10.9. The van der Waals surface area contributed by atoms with Crippen molar-refractivity contribution in [1.82, 2.24) is 5.16 Å². The molecule has 1 aliphatic heterocycles. The fourth-order valence-electron chi connectivity index (χ4n) is 1.99. The molecule has 2 rings (SSSR count). The summed E-state index contributed by atoms with van der Waals surface area (Å²) in [6.45, 7) is 0.343. The number of rotatable bonds is 2. The van der Waals surface area contributed by atoms with Gasteiger partial charge in [0.25, 0.3) is 0 Å². The average Bonchev–Trinajstić information content (AvgIpc) is 2.63. The van der Waals surface area contributed by atoms with Crippen LogP contribution in [-0.2, 0) is 16.4 Å². The van der Waals surface area contributed by atoms with E-state index in [4.69, 9.17) is 10.3 Å². The second-order valence-electron chi connectivity index (χ2n) is 3.87. The minimum atomic E-state index is -2.91. The predicted octanol–water partition coefficient (Wildman–Crippen LogP) is 0.425. The van der Waals surface area contributed by atoms with Crippen molar-refractivity contribution in [2.75, 3.05) is 11.5 Å². The Balaban J connectivity index is 2.24. The van der Waals surface area contributed by atoms with Crippen LogP contribution in [0, 0.1) is 0 Å². The van der Waals surface area contributed by atoms with Gasteiger partial charge in [0.1, 0.15) is 5.76 Å². The van der Waals surface area contributed by atoms with Crippen LogP contribution in [-0.4, -0.2) is 25.1 Å². The van der Waals surface area contributed by atoms with Crippen LogP contribution in [0.3, 0.4) is 0 Å². The fourth-order valence-corrected chi connectivity index (χ4v) is 3.69. The first-order valence-electron chi connectivity index (χ1n) is 4.96. The maximum absolute atomic E-state index is 11.5. The Morgan fingerprint density at radius 2 is 2.40 bits per heavy atom. The predicted molar refractivity (Wildman–Crippen MR) is 55.0 cm³/mol.